The van der Waals surface area contributed by atoms with Gasteiger partial charge in [0.15, 0.2) is 17.5 Å². The Morgan fingerprint density at radius 2 is 0.628 bits per heavy atom. The van der Waals surface area contributed by atoms with Crippen LogP contribution in [-0.4, -0.2) is 15.0 Å². The lowest BCUT2D eigenvalue weighted by atomic mass is 10.1. The molecule has 0 fully saturated rings. The second kappa shape index (κ2) is 23.3. The molecule has 0 radical (unpaired) electrons. The minimum atomic E-state index is 0.627. The molecule has 5 rings (SSSR count). The molecule has 0 aliphatic carbocycles. The van der Waals surface area contributed by atoms with E-state index in [1.807, 2.05) is 148 Å². The number of benzene rings is 4. The van der Waals surface area contributed by atoms with E-state index in [-0.39, 0.29) is 0 Å². The summed E-state index contributed by atoms with van der Waals surface area (Å²) in [5.41, 5.74) is 5.21. The van der Waals surface area contributed by atoms with Crippen molar-refractivity contribution in [2.24, 2.45) is 0 Å². The van der Waals surface area contributed by atoms with Gasteiger partial charge < -0.3 is 4.74 Å². The van der Waals surface area contributed by atoms with Gasteiger partial charge in [-0.1, -0.05) is 147 Å². The van der Waals surface area contributed by atoms with Crippen LogP contribution in [0.2, 0.25) is 0 Å². The lowest BCUT2D eigenvalue weighted by Crippen LogP contribution is -2.00. The molecule has 0 saturated heterocycles. The molecule has 0 bridgehead atoms. The van der Waals surface area contributed by atoms with E-state index in [0.717, 1.165) is 28.2 Å². The fraction of sp³-hybridized carbons (Fsp3) is 0.308. The fourth-order valence-corrected chi connectivity index (χ4v) is 3.47. The second-order valence-corrected chi connectivity index (χ2v) is 7.98. The van der Waals surface area contributed by atoms with E-state index in [1.165, 1.54) is 11.1 Å². The highest BCUT2D eigenvalue weighted by Gasteiger charge is 2.12. The quantitative estimate of drug-likeness (QED) is 0.208. The topological polar surface area (TPSA) is 47.9 Å². The Hall–Kier alpha value is -4.31. The van der Waals surface area contributed by atoms with Crippen molar-refractivity contribution in [3.63, 3.8) is 0 Å². The lowest BCUT2D eigenvalue weighted by Gasteiger charge is -2.10. The Balaban J connectivity index is 0.00000161. The third kappa shape index (κ3) is 12.6. The Morgan fingerprint density at radius 1 is 0.349 bits per heavy atom. The Bertz CT molecular complexity index is 1300. The largest absolute Gasteiger partial charge is 0.457 e. The molecule has 0 saturated carbocycles. The summed E-state index contributed by atoms with van der Waals surface area (Å²) in [4.78, 5) is 14.4. The summed E-state index contributed by atoms with van der Waals surface area (Å²) >= 11 is 0. The average molecular weight is 580 g/mol. The van der Waals surface area contributed by atoms with Crippen molar-refractivity contribution in [3.8, 4) is 45.7 Å². The maximum absolute atomic E-state index is 5.92. The van der Waals surface area contributed by atoms with Crippen LogP contribution in [0.1, 0.15) is 80.4 Å². The monoisotopic (exact) mass is 579 g/mol. The van der Waals surface area contributed by atoms with Gasteiger partial charge in [0.1, 0.15) is 11.5 Å². The highest BCUT2D eigenvalue weighted by atomic mass is 16.5. The second-order valence-electron chi connectivity index (χ2n) is 7.98. The number of hydrogen-bond donors (Lipinski definition) is 0. The van der Waals surface area contributed by atoms with Gasteiger partial charge in [-0.2, -0.15) is 0 Å². The van der Waals surface area contributed by atoms with Gasteiger partial charge in [-0.3, -0.25) is 0 Å². The van der Waals surface area contributed by atoms with Crippen LogP contribution in [0, 0.1) is 13.8 Å². The molecule has 230 valence electrons. The molecule has 4 aromatic carbocycles. The number of nitrogens with zero attached hydrogens (tertiary/aromatic N) is 3. The zero-order valence-electron chi connectivity index (χ0n) is 28.6. The van der Waals surface area contributed by atoms with Crippen LogP contribution < -0.4 is 4.74 Å². The number of hydrogen-bond acceptors (Lipinski definition) is 4. The van der Waals surface area contributed by atoms with E-state index in [1.54, 1.807) is 0 Å². The van der Waals surface area contributed by atoms with E-state index < -0.39 is 0 Å². The number of ether oxygens (including phenoxy) is 1. The first-order chi connectivity index (χ1) is 21.1. The molecule has 5 aromatic rings. The Kier molecular flexibility index (Phi) is 20.9. The van der Waals surface area contributed by atoms with Crippen LogP contribution >= 0.6 is 0 Å². The minimum Gasteiger partial charge on any atom is -0.457 e. The minimum absolute atomic E-state index is 0.627. The molecule has 1 heterocycles. The third-order valence-electron chi connectivity index (χ3n) is 5.35. The fourth-order valence-electron chi connectivity index (χ4n) is 3.47. The molecular formula is C39H53N3O. The summed E-state index contributed by atoms with van der Waals surface area (Å²) in [6, 6.07) is 34.0. The van der Waals surface area contributed by atoms with Gasteiger partial charge in [0.25, 0.3) is 0 Å². The summed E-state index contributed by atoms with van der Waals surface area (Å²) in [5.74, 6) is 3.49. The zero-order valence-corrected chi connectivity index (χ0v) is 28.6. The first-order valence-electron chi connectivity index (χ1n) is 15.9. The summed E-state index contributed by atoms with van der Waals surface area (Å²) in [6.45, 7) is 24.1. The van der Waals surface area contributed by atoms with Crippen molar-refractivity contribution in [2.75, 3.05) is 0 Å². The summed E-state index contributed by atoms with van der Waals surface area (Å²) in [6.07, 6.45) is 0. The number of rotatable bonds is 5. The van der Waals surface area contributed by atoms with Crippen LogP contribution in [0.5, 0.6) is 11.5 Å². The molecule has 4 heteroatoms. The van der Waals surface area contributed by atoms with Gasteiger partial charge in [0.2, 0.25) is 0 Å². The van der Waals surface area contributed by atoms with E-state index in [9.17, 15) is 0 Å². The molecule has 0 aliphatic rings. The zero-order chi connectivity index (χ0) is 32.6. The number of aryl methyl sites for hydroxylation is 2. The van der Waals surface area contributed by atoms with E-state index in [2.05, 4.69) is 38.1 Å². The lowest BCUT2D eigenvalue weighted by molar-refractivity contribution is 0.483. The van der Waals surface area contributed by atoms with Crippen LogP contribution in [0.25, 0.3) is 34.2 Å². The maximum atomic E-state index is 5.92. The van der Waals surface area contributed by atoms with Gasteiger partial charge in [0.05, 0.1) is 0 Å². The van der Waals surface area contributed by atoms with E-state index >= 15 is 0 Å². The van der Waals surface area contributed by atoms with Crippen molar-refractivity contribution < 1.29 is 4.74 Å². The van der Waals surface area contributed by atoms with Crippen LogP contribution in [-0.2, 0) is 0 Å². The predicted molar refractivity (Wildman–Crippen MR) is 189 cm³/mol. The smallest absolute Gasteiger partial charge is 0.164 e. The Labute approximate surface area is 262 Å². The standard InChI is InChI=1S/C29H23N3O.5C2H6/c1-20-8-12-22(13-9-20)27-30-28(23-14-10-21(2)11-15-23)32-29(31-27)24-16-18-26(19-17-24)33-25-6-4-3-5-7-25;5*1-2/h3-19H,1-2H3;5*1-2H3. The van der Waals surface area contributed by atoms with Crippen LogP contribution in [0.15, 0.2) is 103 Å². The summed E-state index contributed by atoms with van der Waals surface area (Å²) in [5, 5.41) is 0. The van der Waals surface area contributed by atoms with Crippen LogP contribution in [0.3, 0.4) is 0 Å². The molecule has 4 nitrogen and oxygen atoms in total. The summed E-state index contributed by atoms with van der Waals surface area (Å²) < 4.78 is 5.92. The highest BCUT2D eigenvalue weighted by Crippen LogP contribution is 2.27. The van der Waals surface area contributed by atoms with Gasteiger partial charge in [-0.05, 0) is 50.2 Å². The molecular weight excluding hydrogens is 526 g/mol. The Morgan fingerprint density at radius 3 is 0.953 bits per heavy atom. The molecule has 1 aromatic heterocycles. The van der Waals surface area contributed by atoms with Crippen molar-refractivity contribution in [2.45, 2.75) is 83.1 Å². The molecule has 0 atom stereocenters. The van der Waals surface area contributed by atoms with Crippen molar-refractivity contribution in [3.05, 3.63) is 114 Å². The molecule has 0 aliphatic heterocycles. The van der Waals surface area contributed by atoms with Gasteiger partial charge in [-0.25, -0.2) is 15.0 Å². The van der Waals surface area contributed by atoms with Crippen molar-refractivity contribution in [1.29, 1.82) is 0 Å². The molecule has 0 N–H and O–H groups in total. The van der Waals surface area contributed by atoms with Gasteiger partial charge in [-0.15, -0.1) is 0 Å². The molecule has 0 unspecified atom stereocenters. The number of aromatic nitrogens is 3. The van der Waals surface area contributed by atoms with Crippen molar-refractivity contribution >= 4 is 0 Å². The average Bonchev–Trinajstić information content (AvgIpc) is 3.10. The third-order valence-corrected chi connectivity index (χ3v) is 5.35. The number of para-hydroxylation sites is 1. The predicted octanol–water partition coefficient (Wildman–Crippen LogP) is 12.4. The molecule has 43 heavy (non-hydrogen) atoms. The van der Waals surface area contributed by atoms with E-state index in [0.29, 0.717) is 17.5 Å². The first kappa shape index (κ1) is 38.7. The molecule has 0 spiro atoms. The first-order valence-corrected chi connectivity index (χ1v) is 15.9. The van der Waals surface area contributed by atoms with Crippen LogP contribution in [0.4, 0.5) is 0 Å². The van der Waals surface area contributed by atoms with E-state index in [4.69, 9.17) is 19.7 Å². The van der Waals surface area contributed by atoms with Gasteiger partial charge >= 0.3 is 0 Å². The SMILES string of the molecule is CC.CC.CC.CC.CC.Cc1ccc(-c2nc(-c3ccc(C)cc3)nc(-c3ccc(Oc4ccccc4)cc3)n2)cc1. The maximum Gasteiger partial charge on any atom is 0.164 e. The van der Waals surface area contributed by atoms with Gasteiger partial charge in [0, 0.05) is 16.7 Å². The van der Waals surface area contributed by atoms with Crippen molar-refractivity contribution in [1.82, 2.24) is 15.0 Å². The summed E-state index contributed by atoms with van der Waals surface area (Å²) in [7, 11) is 0. The highest BCUT2D eigenvalue weighted by molar-refractivity contribution is 5.67. The molecule has 0 amide bonds. The normalized spacial score (nSPS) is 8.93.